The molecule has 1 aliphatic heterocycles. The van der Waals surface area contributed by atoms with Gasteiger partial charge < -0.3 is 10.2 Å². The number of amides is 2. The van der Waals surface area contributed by atoms with Crippen molar-refractivity contribution in [3.63, 3.8) is 0 Å². The molecule has 1 aliphatic rings. The van der Waals surface area contributed by atoms with Gasteiger partial charge in [-0.15, -0.1) is 23.1 Å². The Morgan fingerprint density at radius 3 is 2.61 bits per heavy atom. The molecule has 28 heavy (non-hydrogen) atoms. The zero-order chi connectivity index (χ0) is 19.9. The van der Waals surface area contributed by atoms with Gasteiger partial charge in [0.2, 0.25) is 11.8 Å². The van der Waals surface area contributed by atoms with E-state index in [1.807, 2.05) is 11.8 Å². The first-order valence-corrected chi connectivity index (χ1v) is 11.3. The number of halogens is 1. The first kappa shape index (κ1) is 20.8. The fourth-order valence-electron chi connectivity index (χ4n) is 3.05. The largest absolute Gasteiger partial charge is 0.342 e. The standard InChI is InChI=1S/C20H24FN3O2S2/c1-14-17(11-15-5-7-16(21)8-6-15)28-20(22-14)23-18(25)12-27-13-19(26)24-9-3-2-4-10-24/h5-8H,2-4,9-13H2,1H3,(H,22,23,25). The third-order valence-electron chi connectivity index (χ3n) is 4.58. The quantitative estimate of drug-likeness (QED) is 0.737. The minimum Gasteiger partial charge on any atom is -0.342 e. The molecule has 3 rings (SSSR count). The molecule has 8 heteroatoms. The molecule has 0 spiro atoms. The highest BCUT2D eigenvalue weighted by molar-refractivity contribution is 8.00. The number of thioether (sulfide) groups is 1. The molecule has 2 amide bonds. The van der Waals surface area contributed by atoms with E-state index in [2.05, 4.69) is 10.3 Å². The van der Waals surface area contributed by atoms with Gasteiger partial charge in [0, 0.05) is 24.4 Å². The van der Waals surface area contributed by atoms with Gasteiger partial charge in [0.15, 0.2) is 5.13 Å². The Labute approximate surface area is 172 Å². The molecule has 0 radical (unpaired) electrons. The highest BCUT2D eigenvalue weighted by Crippen LogP contribution is 2.25. The molecule has 0 bridgehead atoms. The summed E-state index contributed by atoms with van der Waals surface area (Å²) in [7, 11) is 0. The first-order chi connectivity index (χ1) is 13.5. The molecule has 0 aliphatic carbocycles. The smallest absolute Gasteiger partial charge is 0.236 e. The summed E-state index contributed by atoms with van der Waals surface area (Å²) in [5.41, 5.74) is 1.86. The van der Waals surface area contributed by atoms with E-state index in [0.717, 1.165) is 42.1 Å². The molecular weight excluding hydrogens is 397 g/mol. The van der Waals surface area contributed by atoms with Gasteiger partial charge in [-0.05, 0) is 43.9 Å². The molecule has 2 aromatic rings. The van der Waals surface area contributed by atoms with Crippen molar-refractivity contribution in [1.82, 2.24) is 9.88 Å². The van der Waals surface area contributed by atoms with Crippen LogP contribution in [0.4, 0.5) is 9.52 Å². The number of nitrogens with one attached hydrogen (secondary N) is 1. The van der Waals surface area contributed by atoms with E-state index in [4.69, 9.17) is 0 Å². The number of piperidine rings is 1. The topological polar surface area (TPSA) is 62.3 Å². The number of aromatic nitrogens is 1. The van der Waals surface area contributed by atoms with Crippen LogP contribution in [-0.2, 0) is 16.0 Å². The average Bonchev–Trinajstić information content (AvgIpc) is 3.03. The van der Waals surface area contributed by atoms with Crippen molar-refractivity contribution in [2.45, 2.75) is 32.6 Å². The summed E-state index contributed by atoms with van der Waals surface area (Å²) in [6, 6.07) is 6.39. The average molecular weight is 422 g/mol. The third-order valence-corrected chi connectivity index (χ3v) is 6.57. The van der Waals surface area contributed by atoms with Crippen LogP contribution in [0.3, 0.4) is 0 Å². The Morgan fingerprint density at radius 2 is 1.89 bits per heavy atom. The van der Waals surface area contributed by atoms with Crippen LogP contribution < -0.4 is 5.32 Å². The lowest BCUT2D eigenvalue weighted by atomic mass is 10.1. The van der Waals surface area contributed by atoms with Crippen molar-refractivity contribution < 1.29 is 14.0 Å². The second-order valence-electron chi connectivity index (χ2n) is 6.81. The SMILES string of the molecule is Cc1nc(NC(=O)CSCC(=O)N2CCCCC2)sc1Cc1ccc(F)cc1. The molecule has 2 heterocycles. The molecule has 0 atom stereocenters. The second-order valence-corrected chi connectivity index (χ2v) is 8.88. The zero-order valence-corrected chi connectivity index (χ0v) is 17.5. The predicted molar refractivity (Wildman–Crippen MR) is 112 cm³/mol. The van der Waals surface area contributed by atoms with E-state index in [1.165, 1.54) is 41.7 Å². The molecule has 0 saturated carbocycles. The summed E-state index contributed by atoms with van der Waals surface area (Å²) in [6.07, 6.45) is 3.98. The number of nitrogens with zero attached hydrogens (tertiary/aromatic N) is 2. The number of aryl methyl sites for hydroxylation is 1. The summed E-state index contributed by atoms with van der Waals surface area (Å²) in [5, 5.41) is 3.37. The molecule has 1 N–H and O–H groups in total. The molecule has 150 valence electrons. The number of rotatable bonds is 7. The lowest BCUT2D eigenvalue weighted by Gasteiger charge is -2.26. The number of hydrogen-bond donors (Lipinski definition) is 1. The summed E-state index contributed by atoms with van der Waals surface area (Å²) < 4.78 is 13.0. The van der Waals surface area contributed by atoms with Crippen molar-refractivity contribution in [3.05, 3.63) is 46.2 Å². The van der Waals surface area contributed by atoms with Gasteiger partial charge in [0.25, 0.3) is 0 Å². The summed E-state index contributed by atoms with van der Waals surface area (Å²) in [6.45, 7) is 3.57. The van der Waals surface area contributed by atoms with Crippen molar-refractivity contribution >= 4 is 40.0 Å². The Kier molecular flexibility index (Phi) is 7.44. The number of benzene rings is 1. The van der Waals surface area contributed by atoms with E-state index in [0.29, 0.717) is 17.3 Å². The normalized spacial score (nSPS) is 14.1. The van der Waals surface area contributed by atoms with Crippen molar-refractivity contribution in [2.24, 2.45) is 0 Å². The fourth-order valence-corrected chi connectivity index (χ4v) is 4.78. The lowest BCUT2D eigenvalue weighted by Crippen LogP contribution is -2.37. The third kappa shape index (κ3) is 6.04. The minimum atomic E-state index is -0.256. The summed E-state index contributed by atoms with van der Waals surface area (Å²) >= 11 is 2.76. The number of anilines is 1. The zero-order valence-electron chi connectivity index (χ0n) is 15.9. The highest BCUT2D eigenvalue weighted by Gasteiger charge is 2.17. The van der Waals surface area contributed by atoms with Crippen LogP contribution in [0.25, 0.3) is 0 Å². The predicted octanol–water partition coefficient (Wildman–Crippen LogP) is 3.87. The van der Waals surface area contributed by atoms with Gasteiger partial charge in [-0.3, -0.25) is 9.59 Å². The first-order valence-electron chi connectivity index (χ1n) is 9.37. The number of hydrogen-bond acceptors (Lipinski definition) is 5. The fraction of sp³-hybridized carbons (Fsp3) is 0.450. The Morgan fingerprint density at radius 1 is 1.18 bits per heavy atom. The summed E-state index contributed by atoms with van der Waals surface area (Å²) in [5.74, 6) is 0.266. The van der Waals surface area contributed by atoms with Gasteiger partial charge in [-0.2, -0.15) is 0 Å². The molecule has 1 saturated heterocycles. The maximum atomic E-state index is 13.0. The molecule has 1 aromatic heterocycles. The number of carbonyl (C=O) groups is 2. The lowest BCUT2D eigenvalue weighted by molar-refractivity contribution is -0.129. The van der Waals surface area contributed by atoms with Gasteiger partial charge in [-0.25, -0.2) is 9.37 Å². The molecule has 1 fully saturated rings. The van der Waals surface area contributed by atoms with E-state index in [-0.39, 0.29) is 23.4 Å². The maximum absolute atomic E-state index is 13.0. The van der Waals surface area contributed by atoms with Crippen LogP contribution in [0.15, 0.2) is 24.3 Å². The van der Waals surface area contributed by atoms with E-state index >= 15 is 0 Å². The van der Waals surface area contributed by atoms with E-state index in [1.54, 1.807) is 12.1 Å². The highest BCUT2D eigenvalue weighted by atomic mass is 32.2. The molecule has 5 nitrogen and oxygen atoms in total. The Balaban J connectivity index is 1.45. The minimum absolute atomic E-state index is 0.115. The Hall–Kier alpha value is -1.93. The van der Waals surface area contributed by atoms with E-state index < -0.39 is 0 Å². The van der Waals surface area contributed by atoms with Crippen molar-refractivity contribution in [2.75, 3.05) is 29.9 Å². The van der Waals surface area contributed by atoms with Crippen LogP contribution in [0.1, 0.15) is 35.4 Å². The van der Waals surface area contributed by atoms with Crippen molar-refractivity contribution in [1.29, 1.82) is 0 Å². The van der Waals surface area contributed by atoms with Crippen LogP contribution >= 0.6 is 23.1 Å². The van der Waals surface area contributed by atoms with Gasteiger partial charge in [0.05, 0.1) is 17.2 Å². The molecule has 0 unspecified atom stereocenters. The maximum Gasteiger partial charge on any atom is 0.236 e. The number of carbonyl (C=O) groups excluding carboxylic acids is 2. The van der Waals surface area contributed by atoms with Gasteiger partial charge in [-0.1, -0.05) is 12.1 Å². The van der Waals surface area contributed by atoms with Crippen molar-refractivity contribution in [3.8, 4) is 0 Å². The Bertz CT molecular complexity index is 817. The molecule has 1 aromatic carbocycles. The number of likely N-dealkylation sites (tertiary alicyclic amines) is 1. The van der Waals surface area contributed by atoms with E-state index in [9.17, 15) is 14.0 Å². The van der Waals surface area contributed by atoms with Gasteiger partial charge in [0.1, 0.15) is 5.82 Å². The second kappa shape index (κ2) is 10.0. The van der Waals surface area contributed by atoms with Crippen LogP contribution in [0, 0.1) is 12.7 Å². The monoisotopic (exact) mass is 421 g/mol. The van der Waals surface area contributed by atoms with Crippen LogP contribution in [0.2, 0.25) is 0 Å². The molecular formula is C20H24FN3O2S2. The van der Waals surface area contributed by atoms with Crippen LogP contribution in [0.5, 0.6) is 0 Å². The van der Waals surface area contributed by atoms with Crippen LogP contribution in [-0.4, -0.2) is 46.3 Å². The summed E-state index contributed by atoms with van der Waals surface area (Å²) in [4.78, 5) is 31.6. The number of thiazole rings is 1. The van der Waals surface area contributed by atoms with Gasteiger partial charge >= 0.3 is 0 Å².